The zero-order valence-electron chi connectivity index (χ0n) is 27.6. The van der Waals surface area contributed by atoms with Crippen molar-refractivity contribution in [3.63, 3.8) is 0 Å². The van der Waals surface area contributed by atoms with Gasteiger partial charge in [0.05, 0.1) is 19.3 Å². The number of nitrogens with one attached hydrogen (secondary N) is 1. The van der Waals surface area contributed by atoms with Gasteiger partial charge in [0.25, 0.3) is 0 Å². The molecule has 8 atom stereocenters. The molecule has 0 bridgehead atoms. The number of carbonyl (C=O) groups is 3. The van der Waals surface area contributed by atoms with Gasteiger partial charge in [0.1, 0.15) is 12.2 Å². The predicted octanol–water partition coefficient (Wildman–Crippen LogP) is 4.40. The molecule has 1 unspecified atom stereocenters. The Bertz CT molecular complexity index is 1390. The van der Waals surface area contributed by atoms with Gasteiger partial charge in [-0.05, 0) is 111 Å². The number of benzene rings is 1. The van der Waals surface area contributed by atoms with Crippen LogP contribution >= 0.6 is 0 Å². The van der Waals surface area contributed by atoms with Crippen LogP contribution in [0.5, 0.6) is 11.5 Å². The van der Waals surface area contributed by atoms with Crippen LogP contribution in [-0.2, 0) is 14.4 Å². The van der Waals surface area contributed by atoms with Gasteiger partial charge in [-0.15, -0.1) is 0 Å². The number of ether oxygens (including phenoxy) is 2. The molecule has 1 amide bonds. The number of amides is 1. The van der Waals surface area contributed by atoms with Gasteiger partial charge in [0.15, 0.2) is 23.1 Å². The molecular formula is C37H51NO8. The van der Waals surface area contributed by atoms with Gasteiger partial charge < -0.3 is 30.1 Å². The molecule has 46 heavy (non-hydrogen) atoms. The minimum absolute atomic E-state index is 0.0697. The number of aliphatic hydroxyl groups excluding tert-OH is 2. The SMILES string of the molecule is COc1ccc(C2CNC(=O)C2)cc1OC1CCCC1.C[C@]12CCC(=O)C=C1CC[C@@H]1[C@@H]2[C@@H](O)C[C@@]2(C)[C@H]1CC[C@]2(O)C(=O)CO. The summed E-state index contributed by atoms with van der Waals surface area (Å²) in [6.07, 6.45) is 11.3. The van der Waals surface area contributed by atoms with Crippen LogP contribution in [0.4, 0.5) is 0 Å². The van der Waals surface area contributed by atoms with Crippen molar-refractivity contribution in [2.45, 2.75) is 115 Å². The number of carbonyl (C=O) groups excluding carboxylic acids is 3. The van der Waals surface area contributed by atoms with E-state index in [0.29, 0.717) is 38.3 Å². The Hall–Kier alpha value is -2.75. The molecule has 9 heteroatoms. The van der Waals surface area contributed by atoms with Crippen LogP contribution in [0, 0.1) is 28.6 Å². The Morgan fingerprint density at radius 3 is 2.48 bits per heavy atom. The van der Waals surface area contributed by atoms with E-state index in [9.17, 15) is 29.7 Å². The van der Waals surface area contributed by atoms with Gasteiger partial charge in [0, 0.05) is 30.7 Å². The van der Waals surface area contributed by atoms with E-state index in [0.717, 1.165) is 55.6 Å². The Labute approximate surface area is 272 Å². The average Bonchev–Trinajstić information content (AvgIpc) is 3.77. The van der Waals surface area contributed by atoms with E-state index < -0.39 is 29.5 Å². The molecule has 0 spiro atoms. The van der Waals surface area contributed by atoms with E-state index in [-0.39, 0.29) is 40.8 Å². The molecule has 5 fully saturated rings. The Morgan fingerprint density at radius 2 is 1.80 bits per heavy atom. The molecule has 252 valence electrons. The van der Waals surface area contributed by atoms with E-state index in [1.807, 2.05) is 25.1 Å². The molecule has 0 radical (unpaired) electrons. The lowest BCUT2D eigenvalue weighted by molar-refractivity contribution is -0.182. The number of Topliss-reactive ketones (excluding diaryl/α,β-unsaturated/α-hetero) is 1. The van der Waals surface area contributed by atoms with Gasteiger partial charge in [0.2, 0.25) is 5.91 Å². The highest BCUT2D eigenvalue weighted by molar-refractivity contribution is 5.92. The third kappa shape index (κ3) is 5.60. The summed E-state index contributed by atoms with van der Waals surface area (Å²) in [5.74, 6) is 2.11. The van der Waals surface area contributed by atoms with Crippen LogP contribution in [0.25, 0.3) is 0 Å². The molecule has 1 aromatic rings. The van der Waals surface area contributed by atoms with Gasteiger partial charge in [-0.3, -0.25) is 14.4 Å². The number of aliphatic hydroxyl groups is 3. The smallest absolute Gasteiger partial charge is 0.220 e. The first-order valence-corrected chi connectivity index (χ1v) is 17.3. The molecule has 0 aromatic heterocycles. The fraction of sp³-hybridized carbons (Fsp3) is 0.703. The maximum absolute atomic E-state index is 12.4. The first-order valence-electron chi connectivity index (χ1n) is 17.3. The highest BCUT2D eigenvalue weighted by Crippen LogP contribution is 2.67. The minimum atomic E-state index is -1.54. The van der Waals surface area contributed by atoms with Crippen LogP contribution in [-0.4, -0.2) is 70.9 Å². The van der Waals surface area contributed by atoms with Gasteiger partial charge >= 0.3 is 0 Å². The molecule has 7 rings (SSSR count). The normalized spacial score (nSPS) is 38.5. The maximum atomic E-state index is 12.4. The van der Waals surface area contributed by atoms with Gasteiger partial charge in [-0.1, -0.05) is 25.5 Å². The molecule has 1 saturated heterocycles. The Balaban J connectivity index is 0.000000167. The second kappa shape index (κ2) is 12.7. The molecular weight excluding hydrogens is 586 g/mol. The van der Waals surface area contributed by atoms with Crippen molar-refractivity contribution in [1.29, 1.82) is 0 Å². The standard InChI is InChI=1S/C21H30O5.C16H21NO3/c1-19-7-5-13(23)9-12(19)3-4-14-15-6-8-21(26,17(25)11-22)20(15,2)10-16(24)18(14)19;1-19-14-7-6-11(12-9-16(18)17-10-12)8-15(14)20-13-4-2-3-5-13/h9,14-16,18,22,24,26H,3-8,10-11H2,1-2H3;6-8,12-13H,2-5,9-10H2,1H3,(H,17,18)/t14-,15-,16-,18+,19-,20-,21-;/m0./s1. The fourth-order valence-corrected chi connectivity index (χ4v) is 10.3. The Kier molecular flexibility index (Phi) is 9.15. The van der Waals surface area contributed by atoms with Crippen LogP contribution in [0.3, 0.4) is 0 Å². The van der Waals surface area contributed by atoms with Crippen LogP contribution in [0.2, 0.25) is 0 Å². The number of rotatable bonds is 6. The highest BCUT2D eigenvalue weighted by atomic mass is 16.5. The molecule has 4 saturated carbocycles. The lowest BCUT2D eigenvalue weighted by Crippen LogP contribution is -2.62. The van der Waals surface area contributed by atoms with E-state index in [1.165, 1.54) is 18.4 Å². The van der Waals surface area contributed by atoms with Gasteiger partial charge in [-0.2, -0.15) is 0 Å². The zero-order chi connectivity index (χ0) is 32.9. The number of fused-ring (bicyclic) bond motifs is 5. The first kappa shape index (κ1) is 33.2. The van der Waals surface area contributed by atoms with Crippen molar-refractivity contribution in [3.8, 4) is 11.5 Å². The van der Waals surface area contributed by atoms with Crippen molar-refractivity contribution in [3.05, 3.63) is 35.4 Å². The van der Waals surface area contributed by atoms with Crippen LogP contribution < -0.4 is 14.8 Å². The number of methoxy groups -OCH3 is 1. The minimum Gasteiger partial charge on any atom is -0.493 e. The van der Waals surface area contributed by atoms with E-state index >= 15 is 0 Å². The summed E-state index contributed by atoms with van der Waals surface area (Å²) in [6, 6.07) is 6.02. The summed E-state index contributed by atoms with van der Waals surface area (Å²) < 4.78 is 11.5. The summed E-state index contributed by atoms with van der Waals surface area (Å²) in [6.45, 7) is 4.17. The summed E-state index contributed by atoms with van der Waals surface area (Å²) in [5, 5.41) is 34.6. The molecule has 1 aliphatic heterocycles. The summed E-state index contributed by atoms with van der Waals surface area (Å²) >= 11 is 0. The van der Waals surface area contributed by atoms with E-state index in [4.69, 9.17) is 9.47 Å². The Morgan fingerprint density at radius 1 is 1.04 bits per heavy atom. The van der Waals surface area contributed by atoms with Crippen molar-refractivity contribution in [2.75, 3.05) is 20.3 Å². The lowest BCUT2D eigenvalue weighted by atomic mass is 9.45. The predicted molar refractivity (Wildman–Crippen MR) is 171 cm³/mol. The monoisotopic (exact) mass is 637 g/mol. The van der Waals surface area contributed by atoms with Crippen molar-refractivity contribution >= 4 is 17.5 Å². The highest BCUT2D eigenvalue weighted by Gasteiger charge is 2.68. The molecule has 1 heterocycles. The van der Waals surface area contributed by atoms with Crippen molar-refractivity contribution in [1.82, 2.24) is 5.32 Å². The first-order chi connectivity index (χ1) is 21.9. The zero-order valence-corrected chi connectivity index (χ0v) is 27.6. The van der Waals surface area contributed by atoms with Crippen LogP contribution in [0.15, 0.2) is 29.8 Å². The third-order valence-corrected chi connectivity index (χ3v) is 12.9. The molecule has 4 N–H and O–H groups in total. The quantitative estimate of drug-likeness (QED) is 0.360. The van der Waals surface area contributed by atoms with E-state index in [1.54, 1.807) is 13.2 Å². The number of allylic oxidation sites excluding steroid dienone is 1. The molecule has 1 aromatic carbocycles. The number of ketones is 2. The van der Waals surface area contributed by atoms with E-state index in [2.05, 4.69) is 12.2 Å². The second-order valence-electron chi connectivity index (χ2n) is 15.2. The molecule has 9 nitrogen and oxygen atoms in total. The van der Waals surface area contributed by atoms with Gasteiger partial charge in [-0.25, -0.2) is 0 Å². The van der Waals surface area contributed by atoms with Crippen molar-refractivity contribution < 1.29 is 39.2 Å². The summed E-state index contributed by atoms with van der Waals surface area (Å²) in [5.41, 5.74) is -0.0818. The third-order valence-electron chi connectivity index (χ3n) is 12.9. The topological polar surface area (TPSA) is 142 Å². The second-order valence-corrected chi connectivity index (χ2v) is 15.2. The van der Waals surface area contributed by atoms with Crippen LogP contribution in [0.1, 0.15) is 102 Å². The summed E-state index contributed by atoms with van der Waals surface area (Å²) in [7, 11) is 1.66. The average molecular weight is 638 g/mol. The summed E-state index contributed by atoms with van der Waals surface area (Å²) in [4.78, 5) is 35.6. The fourth-order valence-electron chi connectivity index (χ4n) is 10.3. The molecule has 6 aliphatic rings. The lowest BCUT2D eigenvalue weighted by Gasteiger charge is -2.60. The van der Waals surface area contributed by atoms with Crippen molar-refractivity contribution in [2.24, 2.45) is 28.6 Å². The number of hydrogen-bond donors (Lipinski definition) is 4. The molecule has 5 aliphatic carbocycles. The largest absolute Gasteiger partial charge is 0.493 e. The maximum Gasteiger partial charge on any atom is 0.220 e. The number of hydrogen-bond acceptors (Lipinski definition) is 8.